The van der Waals surface area contributed by atoms with Crippen molar-refractivity contribution in [1.29, 1.82) is 0 Å². The van der Waals surface area contributed by atoms with E-state index < -0.39 is 0 Å². The maximum absolute atomic E-state index is 13.2. The van der Waals surface area contributed by atoms with Crippen molar-refractivity contribution >= 4 is 22.4 Å². The number of nitrogens with two attached hydrogens (primary N) is 1. The van der Waals surface area contributed by atoms with Gasteiger partial charge in [-0.3, -0.25) is 4.79 Å². The number of H-pyrrole nitrogens is 1. The number of benzene rings is 2. The predicted octanol–water partition coefficient (Wildman–Crippen LogP) is 3.13. The van der Waals surface area contributed by atoms with Crippen molar-refractivity contribution in [2.45, 2.75) is 0 Å². The van der Waals surface area contributed by atoms with Gasteiger partial charge in [0.2, 0.25) is 0 Å². The van der Waals surface area contributed by atoms with E-state index in [1.807, 2.05) is 0 Å². The van der Waals surface area contributed by atoms with Crippen LogP contribution in [0.15, 0.2) is 42.6 Å². The fourth-order valence-electron chi connectivity index (χ4n) is 2.33. The number of carbonyl (C=O) groups is 1. The SMILES string of the molecule is COc1cc(N)ccc1C(=O)c1c[nH]c2cc(F)ccc12. The smallest absolute Gasteiger partial charge is 0.198 e. The molecule has 3 rings (SSSR count). The molecule has 0 unspecified atom stereocenters. The molecule has 4 nitrogen and oxygen atoms in total. The lowest BCUT2D eigenvalue weighted by Crippen LogP contribution is -2.04. The van der Waals surface area contributed by atoms with Crippen LogP contribution in [-0.2, 0) is 0 Å². The molecule has 0 saturated heterocycles. The molecular weight excluding hydrogens is 271 g/mol. The van der Waals surface area contributed by atoms with Gasteiger partial charge in [-0.2, -0.15) is 0 Å². The average Bonchev–Trinajstić information content (AvgIpc) is 2.89. The van der Waals surface area contributed by atoms with Gasteiger partial charge in [-0.15, -0.1) is 0 Å². The molecule has 0 saturated carbocycles. The summed E-state index contributed by atoms with van der Waals surface area (Å²) in [6.07, 6.45) is 1.57. The maximum Gasteiger partial charge on any atom is 0.198 e. The number of nitrogens with one attached hydrogen (secondary N) is 1. The van der Waals surface area contributed by atoms with Crippen molar-refractivity contribution in [3.8, 4) is 5.75 Å². The summed E-state index contributed by atoms with van der Waals surface area (Å²) in [5, 5.41) is 0.667. The Morgan fingerprint density at radius 3 is 2.76 bits per heavy atom. The Morgan fingerprint density at radius 2 is 2.00 bits per heavy atom. The van der Waals surface area contributed by atoms with Crippen molar-refractivity contribution in [2.24, 2.45) is 0 Å². The highest BCUT2D eigenvalue weighted by molar-refractivity contribution is 6.17. The molecule has 3 N–H and O–H groups in total. The average molecular weight is 284 g/mol. The summed E-state index contributed by atoms with van der Waals surface area (Å²) in [7, 11) is 1.48. The van der Waals surface area contributed by atoms with Crippen molar-refractivity contribution < 1.29 is 13.9 Å². The fraction of sp³-hybridized carbons (Fsp3) is 0.0625. The summed E-state index contributed by atoms with van der Waals surface area (Å²) in [5.41, 5.74) is 7.66. The van der Waals surface area contributed by atoms with E-state index in [2.05, 4.69) is 4.98 Å². The summed E-state index contributed by atoms with van der Waals surface area (Å²) in [4.78, 5) is 15.6. The Kier molecular flexibility index (Phi) is 3.10. The third kappa shape index (κ3) is 2.23. The lowest BCUT2D eigenvalue weighted by molar-refractivity contribution is 0.103. The number of aromatic nitrogens is 1. The molecule has 0 aliphatic rings. The molecule has 0 amide bonds. The first-order chi connectivity index (χ1) is 10.1. The third-order valence-electron chi connectivity index (χ3n) is 3.36. The topological polar surface area (TPSA) is 68.1 Å². The number of nitrogen functional groups attached to an aromatic ring is 1. The Morgan fingerprint density at radius 1 is 1.19 bits per heavy atom. The molecule has 0 fully saturated rings. The zero-order valence-corrected chi connectivity index (χ0v) is 11.3. The molecule has 1 aromatic heterocycles. The normalized spacial score (nSPS) is 10.8. The number of methoxy groups -OCH3 is 1. The van der Waals surface area contributed by atoms with Crippen molar-refractivity contribution in [3.05, 3.63) is 59.5 Å². The zero-order valence-electron chi connectivity index (χ0n) is 11.3. The quantitative estimate of drug-likeness (QED) is 0.573. The van der Waals surface area contributed by atoms with Crippen LogP contribution in [0.4, 0.5) is 10.1 Å². The van der Waals surface area contributed by atoms with Crippen LogP contribution >= 0.6 is 0 Å². The number of halogens is 1. The van der Waals surface area contributed by atoms with Crippen LogP contribution in [0.3, 0.4) is 0 Å². The molecular formula is C16H13FN2O2. The van der Waals surface area contributed by atoms with E-state index in [-0.39, 0.29) is 11.6 Å². The van der Waals surface area contributed by atoms with Crippen molar-refractivity contribution in [1.82, 2.24) is 4.98 Å². The number of hydrogen-bond donors (Lipinski definition) is 2. The number of ether oxygens (including phenoxy) is 1. The zero-order chi connectivity index (χ0) is 15.0. The standard InChI is InChI=1S/C16H13FN2O2/c1-21-15-7-10(18)3-5-12(15)16(20)13-8-19-14-6-9(17)2-4-11(13)14/h2-8,19H,18H2,1H3. The summed E-state index contributed by atoms with van der Waals surface area (Å²) in [6.45, 7) is 0. The van der Waals surface area contributed by atoms with E-state index >= 15 is 0 Å². The molecule has 3 aromatic rings. The van der Waals surface area contributed by atoms with Crippen molar-refractivity contribution in [3.63, 3.8) is 0 Å². The minimum atomic E-state index is -0.353. The number of hydrogen-bond acceptors (Lipinski definition) is 3. The summed E-state index contributed by atoms with van der Waals surface area (Å²) < 4.78 is 18.4. The molecule has 0 aliphatic heterocycles. The van der Waals surface area contributed by atoms with Gasteiger partial charge in [-0.25, -0.2) is 4.39 Å². The molecule has 0 bridgehead atoms. The highest BCUT2D eigenvalue weighted by Gasteiger charge is 2.18. The van der Waals surface area contributed by atoms with Gasteiger partial charge in [0.1, 0.15) is 11.6 Å². The molecule has 0 radical (unpaired) electrons. The highest BCUT2D eigenvalue weighted by atomic mass is 19.1. The number of anilines is 1. The van der Waals surface area contributed by atoms with Gasteiger partial charge in [-0.05, 0) is 30.3 Å². The molecule has 106 valence electrons. The highest BCUT2D eigenvalue weighted by Crippen LogP contribution is 2.27. The summed E-state index contributed by atoms with van der Waals surface area (Å²) in [6, 6.07) is 9.13. The van der Waals surface area contributed by atoms with E-state index in [0.29, 0.717) is 33.5 Å². The Bertz CT molecular complexity index is 839. The second kappa shape index (κ2) is 4.94. The largest absolute Gasteiger partial charge is 0.496 e. The van der Waals surface area contributed by atoms with Gasteiger partial charge in [0.05, 0.1) is 12.7 Å². The van der Waals surface area contributed by atoms with Crippen LogP contribution in [0.5, 0.6) is 5.75 Å². The van der Waals surface area contributed by atoms with E-state index in [0.717, 1.165) is 0 Å². The number of carbonyl (C=O) groups excluding carboxylic acids is 1. The van der Waals surface area contributed by atoms with Crippen LogP contribution in [-0.4, -0.2) is 17.9 Å². The lowest BCUT2D eigenvalue weighted by atomic mass is 10.0. The minimum Gasteiger partial charge on any atom is -0.496 e. The first-order valence-corrected chi connectivity index (χ1v) is 6.35. The maximum atomic E-state index is 13.2. The van der Waals surface area contributed by atoms with Crippen LogP contribution in [0, 0.1) is 5.82 Å². The van der Waals surface area contributed by atoms with Gasteiger partial charge in [0.25, 0.3) is 0 Å². The van der Waals surface area contributed by atoms with Crippen LogP contribution in [0.2, 0.25) is 0 Å². The first kappa shape index (κ1) is 13.2. The molecule has 0 spiro atoms. The van der Waals surface area contributed by atoms with E-state index in [4.69, 9.17) is 10.5 Å². The van der Waals surface area contributed by atoms with Gasteiger partial charge in [0, 0.05) is 34.4 Å². The fourth-order valence-corrected chi connectivity index (χ4v) is 2.33. The molecule has 1 heterocycles. The molecule has 0 aliphatic carbocycles. The third-order valence-corrected chi connectivity index (χ3v) is 3.36. The Labute approximate surface area is 120 Å². The molecule has 2 aromatic carbocycles. The number of aromatic amines is 1. The van der Waals surface area contributed by atoms with Crippen LogP contribution < -0.4 is 10.5 Å². The van der Waals surface area contributed by atoms with Crippen molar-refractivity contribution in [2.75, 3.05) is 12.8 Å². The number of fused-ring (bicyclic) bond motifs is 1. The van der Waals surface area contributed by atoms with Gasteiger partial charge in [0.15, 0.2) is 5.78 Å². The second-order valence-electron chi connectivity index (χ2n) is 4.68. The van der Waals surface area contributed by atoms with Gasteiger partial charge >= 0.3 is 0 Å². The van der Waals surface area contributed by atoms with Crippen LogP contribution in [0.25, 0.3) is 10.9 Å². The van der Waals surface area contributed by atoms with E-state index in [1.165, 1.54) is 19.2 Å². The first-order valence-electron chi connectivity index (χ1n) is 6.35. The van der Waals surface area contributed by atoms with E-state index in [9.17, 15) is 9.18 Å². The van der Waals surface area contributed by atoms with Gasteiger partial charge in [-0.1, -0.05) is 0 Å². The van der Waals surface area contributed by atoms with E-state index in [1.54, 1.807) is 30.5 Å². The molecule has 21 heavy (non-hydrogen) atoms. The lowest BCUT2D eigenvalue weighted by Gasteiger charge is -2.08. The molecule has 0 atom stereocenters. The number of ketones is 1. The predicted molar refractivity (Wildman–Crippen MR) is 79.1 cm³/mol. The van der Waals surface area contributed by atoms with Crippen LogP contribution in [0.1, 0.15) is 15.9 Å². The monoisotopic (exact) mass is 284 g/mol. The Hall–Kier alpha value is -2.82. The second-order valence-corrected chi connectivity index (χ2v) is 4.68. The Balaban J connectivity index is 2.13. The number of rotatable bonds is 3. The summed E-state index contributed by atoms with van der Waals surface area (Å²) >= 11 is 0. The minimum absolute atomic E-state index is 0.204. The summed E-state index contributed by atoms with van der Waals surface area (Å²) in [5.74, 6) is -0.144. The van der Waals surface area contributed by atoms with Gasteiger partial charge < -0.3 is 15.5 Å². The molecule has 5 heteroatoms.